The van der Waals surface area contributed by atoms with Crippen LogP contribution in [-0.4, -0.2) is 34.9 Å². The van der Waals surface area contributed by atoms with E-state index in [2.05, 4.69) is 104 Å². The van der Waals surface area contributed by atoms with Gasteiger partial charge < -0.3 is 15.5 Å². The highest BCUT2D eigenvalue weighted by Gasteiger charge is 2.17. The summed E-state index contributed by atoms with van der Waals surface area (Å²) in [5, 5.41) is 23.1. The first-order chi connectivity index (χ1) is 29.2. The third kappa shape index (κ3) is 46.2. The van der Waals surface area contributed by atoms with Crippen LogP contribution in [0, 0.1) is 0 Å². The van der Waals surface area contributed by atoms with Crippen LogP contribution in [0.1, 0.15) is 226 Å². The Hall–Kier alpha value is -2.69. The van der Waals surface area contributed by atoms with Gasteiger partial charge in [0, 0.05) is 6.42 Å². The summed E-state index contributed by atoms with van der Waals surface area (Å²) in [7, 11) is 0. The highest BCUT2D eigenvalue weighted by Crippen LogP contribution is 2.15. The molecule has 0 bridgehead atoms. The standard InChI is InChI=1S/C55H95NO3/c1-3-5-7-9-11-13-15-17-19-21-23-24-25-26-27-28-29-30-31-32-33-35-37-39-41-43-45-47-49-51-55(59)56-53(52-57)54(58)50-48-46-44-42-40-38-36-34-22-20-18-16-14-12-10-8-6-4-2/h5,7,11,13,17,19,23-24,26-27,29-30,32-33,48,50,53-54,57-58H,3-4,6,8-10,12,14-16,18,20-22,25,28,31,34-47,49,51-52H2,1-2H3,(H,56,59)/b7-5-,13-11-,19-17-,24-23-,27-26-,30-29-,33-32-,50-48+. The lowest BCUT2D eigenvalue weighted by molar-refractivity contribution is -0.123. The molecule has 0 spiro atoms. The van der Waals surface area contributed by atoms with E-state index in [9.17, 15) is 15.0 Å². The SMILES string of the molecule is CC/C=C\C/C=C\C/C=C\C/C=C\C/C=C\C/C=C\C/C=C\CCCCCCCCCC(=O)NC(CO)C(O)/C=C/CCCCCCCCCCCCCCCCCC. The summed E-state index contributed by atoms with van der Waals surface area (Å²) in [6, 6.07) is -0.635. The Morgan fingerprint density at radius 3 is 1.12 bits per heavy atom. The Morgan fingerprint density at radius 1 is 0.424 bits per heavy atom. The average molecular weight is 818 g/mol. The molecule has 338 valence electrons. The third-order valence-corrected chi connectivity index (χ3v) is 10.8. The summed E-state index contributed by atoms with van der Waals surface area (Å²) in [6.07, 6.45) is 73.8. The van der Waals surface area contributed by atoms with Crippen molar-refractivity contribution in [2.75, 3.05) is 6.61 Å². The predicted molar refractivity (Wildman–Crippen MR) is 262 cm³/mol. The van der Waals surface area contributed by atoms with Gasteiger partial charge in [-0.15, -0.1) is 0 Å². The zero-order valence-corrected chi connectivity index (χ0v) is 38.7. The highest BCUT2D eigenvalue weighted by molar-refractivity contribution is 5.76. The van der Waals surface area contributed by atoms with E-state index in [4.69, 9.17) is 0 Å². The molecule has 2 unspecified atom stereocenters. The lowest BCUT2D eigenvalue weighted by atomic mass is 10.0. The monoisotopic (exact) mass is 818 g/mol. The van der Waals surface area contributed by atoms with Crippen LogP contribution in [0.2, 0.25) is 0 Å². The van der Waals surface area contributed by atoms with Crippen molar-refractivity contribution in [3.8, 4) is 0 Å². The first-order valence-corrected chi connectivity index (χ1v) is 25.0. The van der Waals surface area contributed by atoms with Crippen LogP contribution in [-0.2, 0) is 4.79 Å². The number of aliphatic hydroxyl groups is 2. The molecular weight excluding hydrogens is 723 g/mol. The van der Waals surface area contributed by atoms with Crippen molar-refractivity contribution in [3.63, 3.8) is 0 Å². The first-order valence-electron chi connectivity index (χ1n) is 25.0. The number of unbranched alkanes of at least 4 members (excludes halogenated alkanes) is 23. The van der Waals surface area contributed by atoms with Crippen LogP contribution in [0.15, 0.2) is 97.2 Å². The number of hydrogen-bond acceptors (Lipinski definition) is 3. The number of hydrogen-bond donors (Lipinski definition) is 3. The third-order valence-electron chi connectivity index (χ3n) is 10.8. The van der Waals surface area contributed by atoms with E-state index >= 15 is 0 Å². The zero-order chi connectivity index (χ0) is 42.8. The Kier molecular flexibility index (Phi) is 47.4. The van der Waals surface area contributed by atoms with Crippen LogP contribution >= 0.6 is 0 Å². The van der Waals surface area contributed by atoms with Gasteiger partial charge in [-0.3, -0.25) is 4.79 Å². The smallest absolute Gasteiger partial charge is 0.220 e. The van der Waals surface area contributed by atoms with Crippen LogP contribution in [0.4, 0.5) is 0 Å². The number of amides is 1. The van der Waals surface area contributed by atoms with Gasteiger partial charge in [0.1, 0.15) is 0 Å². The van der Waals surface area contributed by atoms with Gasteiger partial charge in [-0.25, -0.2) is 0 Å². The Balaban J connectivity index is 3.64. The maximum absolute atomic E-state index is 12.4. The summed E-state index contributed by atoms with van der Waals surface area (Å²) in [4.78, 5) is 12.4. The molecule has 1 amide bonds. The molecule has 0 radical (unpaired) electrons. The minimum absolute atomic E-state index is 0.0786. The zero-order valence-electron chi connectivity index (χ0n) is 38.7. The normalized spacial score (nSPS) is 13.8. The second kappa shape index (κ2) is 49.7. The molecule has 4 heteroatoms. The van der Waals surface area contributed by atoms with Crippen LogP contribution in [0.5, 0.6) is 0 Å². The molecule has 0 aromatic rings. The molecule has 0 saturated heterocycles. The largest absolute Gasteiger partial charge is 0.394 e. The molecule has 0 aromatic carbocycles. The van der Waals surface area contributed by atoms with Crippen LogP contribution < -0.4 is 5.32 Å². The average Bonchev–Trinajstić information content (AvgIpc) is 3.24. The Bertz CT molecular complexity index is 1110. The minimum atomic E-state index is -0.850. The molecule has 4 nitrogen and oxygen atoms in total. The molecule has 0 rings (SSSR count). The van der Waals surface area contributed by atoms with Crippen LogP contribution in [0.25, 0.3) is 0 Å². The lowest BCUT2D eigenvalue weighted by Crippen LogP contribution is -2.45. The lowest BCUT2D eigenvalue weighted by Gasteiger charge is -2.20. The Labute approximate surface area is 366 Å². The summed E-state index contributed by atoms with van der Waals surface area (Å²) in [6.45, 7) is 4.19. The number of allylic oxidation sites excluding steroid dienone is 15. The molecule has 0 aliphatic rings. The number of carbonyl (C=O) groups is 1. The summed E-state index contributed by atoms with van der Waals surface area (Å²) >= 11 is 0. The summed E-state index contributed by atoms with van der Waals surface area (Å²) in [5.41, 5.74) is 0. The van der Waals surface area contributed by atoms with Gasteiger partial charge in [0.15, 0.2) is 0 Å². The number of nitrogens with one attached hydrogen (secondary N) is 1. The van der Waals surface area contributed by atoms with Gasteiger partial charge in [-0.1, -0.05) is 239 Å². The van der Waals surface area contributed by atoms with E-state index in [1.54, 1.807) is 6.08 Å². The predicted octanol–water partition coefficient (Wildman–Crippen LogP) is 16.2. The van der Waals surface area contributed by atoms with Crippen molar-refractivity contribution >= 4 is 5.91 Å². The van der Waals surface area contributed by atoms with Gasteiger partial charge >= 0.3 is 0 Å². The first kappa shape index (κ1) is 56.3. The molecule has 3 N–H and O–H groups in total. The van der Waals surface area contributed by atoms with Crippen molar-refractivity contribution in [1.29, 1.82) is 0 Å². The molecular formula is C55H95NO3. The molecule has 0 heterocycles. The minimum Gasteiger partial charge on any atom is -0.394 e. The van der Waals surface area contributed by atoms with Gasteiger partial charge in [0.2, 0.25) is 5.91 Å². The second-order valence-corrected chi connectivity index (χ2v) is 16.5. The van der Waals surface area contributed by atoms with E-state index < -0.39 is 12.1 Å². The van der Waals surface area contributed by atoms with Crippen molar-refractivity contribution < 1.29 is 15.0 Å². The van der Waals surface area contributed by atoms with E-state index in [1.165, 1.54) is 122 Å². The highest BCUT2D eigenvalue weighted by atomic mass is 16.3. The van der Waals surface area contributed by atoms with Gasteiger partial charge in [-0.2, -0.15) is 0 Å². The van der Waals surface area contributed by atoms with Crippen LogP contribution in [0.3, 0.4) is 0 Å². The van der Waals surface area contributed by atoms with E-state index in [1.807, 2.05) is 6.08 Å². The fourth-order valence-electron chi connectivity index (χ4n) is 7.04. The van der Waals surface area contributed by atoms with Crippen molar-refractivity contribution in [1.82, 2.24) is 5.32 Å². The molecule has 0 aliphatic carbocycles. The molecule has 2 atom stereocenters. The fraction of sp³-hybridized carbons (Fsp3) is 0.691. The molecule has 59 heavy (non-hydrogen) atoms. The number of rotatable bonds is 44. The van der Waals surface area contributed by atoms with Crippen molar-refractivity contribution in [3.05, 3.63) is 97.2 Å². The van der Waals surface area contributed by atoms with E-state index in [0.717, 1.165) is 83.5 Å². The van der Waals surface area contributed by atoms with Gasteiger partial charge in [0.25, 0.3) is 0 Å². The number of carbonyl (C=O) groups excluding carboxylic acids is 1. The molecule has 0 fully saturated rings. The topological polar surface area (TPSA) is 69.6 Å². The fourth-order valence-corrected chi connectivity index (χ4v) is 7.04. The Morgan fingerprint density at radius 2 is 0.746 bits per heavy atom. The second-order valence-electron chi connectivity index (χ2n) is 16.5. The van der Waals surface area contributed by atoms with Gasteiger partial charge in [0.05, 0.1) is 18.8 Å². The summed E-state index contributed by atoms with van der Waals surface area (Å²) < 4.78 is 0. The van der Waals surface area contributed by atoms with E-state index in [0.29, 0.717) is 6.42 Å². The maximum atomic E-state index is 12.4. The van der Waals surface area contributed by atoms with Crippen molar-refractivity contribution in [2.24, 2.45) is 0 Å². The summed E-state index contributed by atoms with van der Waals surface area (Å²) in [5.74, 6) is -0.0786. The van der Waals surface area contributed by atoms with Crippen molar-refractivity contribution in [2.45, 2.75) is 238 Å². The quantitative estimate of drug-likeness (QED) is 0.0424. The number of aliphatic hydroxyl groups excluding tert-OH is 2. The molecule has 0 aromatic heterocycles. The van der Waals surface area contributed by atoms with Gasteiger partial charge in [-0.05, 0) is 77.0 Å². The molecule has 0 aliphatic heterocycles. The van der Waals surface area contributed by atoms with E-state index in [-0.39, 0.29) is 12.5 Å². The maximum Gasteiger partial charge on any atom is 0.220 e. The molecule has 0 saturated carbocycles.